The van der Waals surface area contributed by atoms with E-state index in [1.54, 1.807) is 0 Å². The predicted molar refractivity (Wildman–Crippen MR) is 47.9 cm³/mol. The lowest BCUT2D eigenvalue weighted by Crippen LogP contribution is -1.94. The summed E-state index contributed by atoms with van der Waals surface area (Å²) in [6.45, 7) is 0. The molecule has 1 atom stereocenters. The lowest BCUT2D eigenvalue weighted by Gasteiger charge is -2.05. The number of aliphatic hydroxyl groups is 1. The van der Waals surface area contributed by atoms with E-state index in [0.717, 1.165) is 0 Å². The van der Waals surface area contributed by atoms with Crippen LogP contribution in [0, 0.1) is 18.2 Å². The van der Waals surface area contributed by atoms with Gasteiger partial charge >= 0.3 is 0 Å². The zero-order chi connectivity index (χ0) is 9.14. The molecule has 0 spiro atoms. The number of halogens is 2. The van der Waals surface area contributed by atoms with Crippen LogP contribution in [0.25, 0.3) is 0 Å². The van der Waals surface area contributed by atoms with Crippen LogP contribution < -0.4 is 0 Å². The van der Waals surface area contributed by atoms with E-state index in [4.69, 9.17) is 6.42 Å². The molecule has 0 radical (unpaired) electrons. The second kappa shape index (κ2) is 3.70. The summed E-state index contributed by atoms with van der Waals surface area (Å²) in [7, 11) is 0. The quantitative estimate of drug-likeness (QED) is 0.732. The molecule has 1 nitrogen and oxygen atoms in total. The van der Waals surface area contributed by atoms with E-state index >= 15 is 0 Å². The molecule has 62 valence electrons. The molecule has 3 heteroatoms. The van der Waals surface area contributed by atoms with Gasteiger partial charge < -0.3 is 5.11 Å². The number of rotatable bonds is 1. The number of hydrogen-bond donors (Lipinski definition) is 1. The van der Waals surface area contributed by atoms with Gasteiger partial charge in [-0.25, -0.2) is 4.39 Å². The number of aliphatic hydroxyl groups excluding tert-OH is 1. The summed E-state index contributed by atoms with van der Waals surface area (Å²) in [5, 5.41) is 9.21. The van der Waals surface area contributed by atoms with Gasteiger partial charge in [-0.3, -0.25) is 0 Å². The van der Waals surface area contributed by atoms with Crippen LogP contribution in [0.1, 0.15) is 11.7 Å². The highest BCUT2D eigenvalue weighted by molar-refractivity contribution is 9.10. The molecule has 0 aliphatic heterocycles. The van der Waals surface area contributed by atoms with Gasteiger partial charge in [0, 0.05) is 10.0 Å². The highest BCUT2D eigenvalue weighted by atomic mass is 79.9. The molecular weight excluding hydrogens is 223 g/mol. The Balaban J connectivity index is 3.11. The zero-order valence-corrected chi connectivity index (χ0v) is 7.68. The molecule has 0 aliphatic carbocycles. The standard InChI is InChI=1S/C9H6BrFO/c1-2-9(12)7-4-3-6(11)5-8(7)10/h1,3-5,9,12H/t9-/m0/s1. The maximum atomic E-state index is 12.6. The van der Waals surface area contributed by atoms with Crippen LogP contribution in [0.2, 0.25) is 0 Å². The van der Waals surface area contributed by atoms with Gasteiger partial charge in [-0.05, 0) is 12.1 Å². The molecule has 0 aliphatic rings. The fourth-order valence-electron chi connectivity index (χ4n) is 0.813. The van der Waals surface area contributed by atoms with Crippen molar-refractivity contribution in [1.29, 1.82) is 0 Å². The second-order valence-electron chi connectivity index (χ2n) is 2.24. The molecule has 0 bridgehead atoms. The fourth-order valence-corrected chi connectivity index (χ4v) is 1.38. The van der Waals surface area contributed by atoms with Crippen LogP contribution in [0.4, 0.5) is 4.39 Å². The largest absolute Gasteiger partial charge is 0.376 e. The Morgan fingerprint density at radius 1 is 1.58 bits per heavy atom. The molecule has 1 N–H and O–H groups in total. The Bertz CT molecular complexity index is 330. The fraction of sp³-hybridized carbons (Fsp3) is 0.111. The lowest BCUT2D eigenvalue weighted by atomic mass is 10.1. The van der Waals surface area contributed by atoms with Crippen molar-refractivity contribution >= 4 is 15.9 Å². The van der Waals surface area contributed by atoms with Crippen LogP contribution in [0.3, 0.4) is 0 Å². The second-order valence-corrected chi connectivity index (χ2v) is 3.09. The summed E-state index contributed by atoms with van der Waals surface area (Å²) in [6.07, 6.45) is 4.01. The first-order chi connectivity index (χ1) is 5.65. The highest BCUT2D eigenvalue weighted by Crippen LogP contribution is 2.23. The smallest absolute Gasteiger partial charge is 0.141 e. The number of hydrogen-bond acceptors (Lipinski definition) is 1. The normalized spacial score (nSPS) is 12.2. The van der Waals surface area contributed by atoms with Crippen LogP contribution in [-0.4, -0.2) is 5.11 Å². The Morgan fingerprint density at radius 3 is 2.75 bits per heavy atom. The van der Waals surface area contributed by atoms with Crippen molar-refractivity contribution in [2.75, 3.05) is 0 Å². The molecule has 0 saturated carbocycles. The van der Waals surface area contributed by atoms with Gasteiger partial charge in [-0.15, -0.1) is 6.42 Å². The van der Waals surface area contributed by atoms with Crippen molar-refractivity contribution in [3.8, 4) is 12.3 Å². The van der Waals surface area contributed by atoms with Gasteiger partial charge in [0.2, 0.25) is 0 Å². The molecule has 0 unspecified atom stereocenters. The molecule has 0 amide bonds. The molecule has 0 heterocycles. The summed E-state index contributed by atoms with van der Waals surface area (Å²) >= 11 is 3.09. The van der Waals surface area contributed by atoms with Crippen molar-refractivity contribution < 1.29 is 9.50 Å². The summed E-state index contributed by atoms with van der Waals surface area (Å²) in [4.78, 5) is 0. The van der Waals surface area contributed by atoms with Gasteiger partial charge in [-0.2, -0.15) is 0 Å². The van der Waals surface area contributed by atoms with E-state index in [-0.39, 0.29) is 5.82 Å². The van der Waals surface area contributed by atoms with E-state index in [1.807, 2.05) is 0 Å². The molecule has 12 heavy (non-hydrogen) atoms. The first-order valence-electron chi connectivity index (χ1n) is 3.24. The van der Waals surface area contributed by atoms with Crippen molar-refractivity contribution in [2.45, 2.75) is 6.10 Å². The average molecular weight is 229 g/mol. The minimum Gasteiger partial charge on any atom is -0.376 e. The molecule has 1 aromatic carbocycles. The molecule has 1 aromatic rings. The monoisotopic (exact) mass is 228 g/mol. The molecule has 0 fully saturated rings. The summed E-state index contributed by atoms with van der Waals surface area (Å²) in [5.41, 5.74) is 0.499. The van der Waals surface area contributed by atoms with Crippen molar-refractivity contribution in [3.63, 3.8) is 0 Å². The van der Waals surface area contributed by atoms with E-state index in [2.05, 4.69) is 21.9 Å². The minimum atomic E-state index is -0.986. The maximum Gasteiger partial charge on any atom is 0.141 e. The molecular formula is C9H6BrFO. The maximum absolute atomic E-state index is 12.6. The van der Waals surface area contributed by atoms with Crippen molar-refractivity contribution in [1.82, 2.24) is 0 Å². The first-order valence-corrected chi connectivity index (χ1v) is 4.03. The Labute approximate surface area is 78.4 Å². The highest BCUT2D eigenvalue weighted by Gasteiger charge is 2.07. The van der Waals surface area contributed by atoms with Crippen LogP contribution in [0.5, 0.6) is 0 Å². The third-order valence-electron chi connectivity index (χ3n) is 1.41. The van der Waals surface area contributed by atoms with E-state index in [9.17, 15) is 9.50 Å². The Hall–Kier alpha value is -0.850. The van der Waals surface area contributed by atoms with Crippen LogP contribution in [-0.2, 0) is 0 Å². The Morgan fingerprint density at radius 2 is 2.25 bits per heavy atom. The average Bonchev–Trinajstić information content (AvgIpc) is 2.03. The van der Waals surface area contributed by atoms with Crippen LogP contribution >= 0.6 is 15.9 Å². The Kier molecular flexibility index (Phi) is 2.85. The minimum absolute atomic E-state index is 0.366. The predicted octanol–water partition coefficient (Wildman–Crippen LogP) is 2.25. The third kappa shape index (κ3) is 1.84. The van der Waals surface area contributed by atoms with E-state index in [0.29, 0.717) is 10.0 Å². The van der Waals surface area contributed by atoms with Gasteiger partial charge in [-0.1, -0.05) is 27.9 Å². The molecule has 1 rings (SSSR count). The van der Waals surface area contributed by atoms with E-state index in [1.165, 1.54) is 18.2 Å². The number of terminal acetylenes is 1. The van der Waals surface area contributed by atoms with Gasteiger partial charge in [0.1, 0.15) is 11.9 Å². The first kappa shape index (κ1) is 9.24. The van der Waals surface area contributed by atoms with Gasteiger partial charge in [0.05, 0.1) is 0 Å². The summed E-state index contributed by atoms with van der Waals surface area (Å²) in [6, 6.07) is 3.96. The summed E-state index contributed by atoms with van der Waals surface area (Å²) in [5.74, 6) is 1.78. The lowest BCUT2D eigenvalue weighted by molar-refractivity contribution is 0.237. The van der Waals surface area contributed by atoms with E-state index < -0.39 is 6.10 Å². The van der Waals surface area contributed by atoms with Gasteiger partial charge in [0.25, 0.3) is 0 Å². The summed E-state index contributed by atoms with van der Waals surface area (Å²) < 4.78 is 13.0. The SMILES string of the molecule is C#C[C@H](O)c1ccc(F)cc1Br. The molecule has 0 saturated heterocycles. The molecule has 0 aromatic heterocycles. The van der Waals surface area contributed by atoms with Crippen molar-refractivity contribution in [3.05, 3.63) is 34.1 Å². The number of benzene rings is 1. The van der Waals surface area contributed by atoms with Crippen molar-refractivity contribution in [2.24, 2.45) is 0 Å². The topological polar surface area (TPSA) is 20.2 Å². The van der Waals surface area contributed by atoms with Gasteiger partial charge in [0.15, 0.2) is 0 Å². The van der Waals surface area contributed by atoms with Crippen LogP contribution in [0.15, 0.2) is 22.7 Å². The third-order valence-corrected chi connectivity index (χ3v) is 2.10. The zero-order valence-electron chi connectivity index (χ0n) is 6.09.